The first-order valence-electron chi connectivity index (χ1n) is 9.54. The minimum Gasteiger partial charge on any atom is -0.475 e. The van der Waals surface area contributed by atoms with Gasteiger partial charge in [0.1, 0.15) is 5.76 Å². The largest absolute Gasteiger partial charge is 0.490 e. The zero-order valence-electron chi connectivity index (χ0n) is 16.8. The lowest BCUT2D eigenvalue weighted by molar-refractivity contribution is -0.192. The summed E-state index contributed by atoms with van der Waals surface area (Å²) in [6.07, 6.45) is -2.41. The Morgan fingerprint density at radius 3 is 2.60 bits per heavy atom. The second kappa shape index (κ2) is 10.1. The summed E-state index contributed by atoms with van der Waals surface area (Å²) in [7, 11) is -1.06. The molecule has 3 rings (SSSR count). The van der Waals surface area contributed by atoms with Gasteiger partial charge in [0.05, 0.1) is 31.3 Å². The fraction of sp³-hybridized carbons (Fsp3) is 0.722. The van der Waals surface area contributed by atoms with Crippen LogP contribution in [-0.4, -0.2) is 80.0 Å². The van der Waals surface area contributed by atoms with Crippen molar-refractivity contribution < 1.29 is 40.6 Å². The molecule has 1 aromatic heterocycles. The van der Waals surface area contributed by atoms with E-state index in [1.807, 2.05) is 19.2 Å². The molecule has 2 aliphatic rings. The summed E-state index contributed by atoms with van der Waals surface area (Å²) >= 11 is 0. The maximum Gasteiger partial charge on any atom is 0.490 e. The fourth-order valence-corrected chi connectivity index (χ4v) is 4.81. The number of fused-ring (bicyclic) bond motifs is 1. The average molecular weight is 456 g/mol. The molecule has 0 radical (unpaired) electrons. The number of hydrogen-bond acceptors (Lipinski definition) is 6. The standard InChI is InChI=1S/C16H26N2O4S.C2HF3O2/c1-3-23(19,20)18-7-6-13-12-22-16(15(13)10-18)11-17(2)9-14-5-4-8-21-14;3-2(4,5)1(6)7/h4-5,8,13,15-16H,3,6-7,9-12H2,1-2H3;(H,6,7)/t13-,15-,16+;/m0./s1. The van der Waals surface area contributed by atoms with Crippen LogP contribution in [0, 0.1) is 11.8 Å². The first-order valence-corrected chi connectivity index (χ1v) is 11.2. The summed E-state index contributed by atoms with van der Waals surface area (Å²) in [6.45, 7) is 5.23. The van der Waals surface area contributed by atoms with Crippen molar-refractivity contribution in [2.45, 2.75) is 32.2 Å². The SMILES string of the molecule is CCS(=O)(=O)N1CC[C@H]2CO[C@H](CN(C)Cc3ccco3)[C@H]2C1.O=C(O)C(F)(F)F. The molecule has 2 fully saturated rings. The van der Waals surface area contributed by atoms with E-state index in [0.717, 1.165) is 31.9 Å². The molecule has 0 saturated carbocycles. The number of ether oxygens (including phenoxy) is 1. The van der Waals surface area contributed by atoms with Gasteiger partial charge in [-0.2, -0.15) is 13.2 Å². The van der Waals surface area contributed by atoms with Crippen LogP contribution in [0.25, 0.3) is 0 Å². The number of carbonyl (C=O) groups is 1. The van der Waals surface area contributed by atoms with Gasteiger partial charge in [0.15, 0.2) is 0 Å². The molecule has 2 saturated heterocycles. The number of aliphatic carboxylic acids is 1. The van der Waals surface area contributed by atoms with Crippen LogP contribution in [-0.2, 0) is 26.1 Å². The molecule has 3 heterocycles. The highest BCUT2D eigenvalue weighted by molar-refractivity contribution is 7.89. The number of alkyl halides is 3. The Labute approximate surface area is 173 Å². The molecule has 8 nitrogen and oxygen atoms in total. The highest BCUT2D eigenvalue weighted by Gasteiger charge is 2.43. The number of furan rings is 1. The fourth-order valence-electron chi connectivity index (χ4n) is 3.66. The molecule has 0 amide bonds. The van der Waals surface area contributed by atoms with Crippen molar-refractivity contribution in [2.75, 3.05) is 39.0 Å². The van der Waals surface area contributed by atoms with E-state index < -0.39 is 22.2 Å². The Kier molecular flexibility index (Phi) is 8.31. The number of sulfonamides is 1. The Bertz CT molecular complexity index is 784. The van der Waals surface area contributed by atoms with E-state index in [4.69, 9.17) is 19.1 Å². The minimum absolute atomic E-state index is 0.0924. The molecule has 1 aromatic rings. The maximum atomic E-state index is 12.1. The lowest BCUT2D eigenvalue weighted by atomic mass is 9.85. The summed E-state index contributed by atoms with van der Waals surface area (Å²) < 4.78 is 69.1. The van der Waals surface area contributed by atoms with Gasteiger partial charge in [-0.25, -0.2) is 17.5 Å². The van der Waals surface area contributed by atoms with Gasteiger partial charge in [0.25, 0.3) is 0 Å². The second-order valence-corrected chi connectivity index (χ2v) is 9.68. The summed E-state index contributed by atoms with van der Waals surface area (Å²) in [5.41, 5.74) is 0. The van der Waals surface area contributed by atoms with Crippen LogP contribution in [0.5, 0.6) is 0 Å². The van der Waals surface area contributed by atoms with E-state index in [9.17, 15) is 21.6 Å². The Morgan fingerprint density at radius 2 is 2.07 bits per heavy atom. The van der Waals surface area contributed by atoms with Gasteiger partial charge >= 0.3 is 12.1 Å². The molecule has 0 aromatic carbocycles. The van der Waals surface area contributed by atoms with Crippen LogP contribution in [0.15, 0.2) is 22.8 Å². The van der Waals surface area contributed by atoms with E-state index in [-0.39, 0.29) is 11.9 Å². The number of nitrogens with zero attached hydrogens (tertiary/aromatic N) is 2. The molecule has 1 N–H and O–H groups in total. The molecule has 12 heteroatoms. The Hall–Kier alpha value is -1.63. The molecule has 0 aliphatic carbocycles. The van der Waals surface area contributed by atoms with Crippen LogP contribution in [0.2, 0.25) is 0 Å². The highest BCUT2D eigenvalue weighted by Crippen LogP contribution is 2.35. The number of carboxylic acids is 1. The van der Waals surface area contributed by atoms with Gasteiger partial charge in [-0.15, -0.1) is 0 Å². The van der Waals surface area contributed by atoms with Crippen molar-refractivity contribution in [3.63, 3.8) is 0 Å². The van der Waals surface area contributed by atoms with Crippen molar-refractivity contribution in [1.82, 2.24) is 9.21 Å². The molecular weight excluding hydrogens is 429 g/mol. The van der Waals surface area contributed by atoms with Crippen molar-refractivity contribution >= 4 is 16.0 Å². The Morgan fingerprint density at radius 1 is 1.40 bits per heavy atom. The summed E-state index contributed by atoms with van der Waals surface area (Å²) in [5.74, 6) is -0.869. The minimum atomic E-state index is -5.08. The van der Waals surface area contributed by atoms with Crippen LogP contribution in [0.4, 0.5) is 13.2 Å². The third kappa shape index (κ3) is 6.69. The summed E-state index contributed by atoms with van der Waals surface area (Å²) in [4.78, 5) is 11.1. The number of likely N-dealkylation sites (N-methyl/N-ethyl adjacent to an activating group) is 1. The van der Waals surface area contributed by atoms with Gasteiger partial charge in [-0.1, -0.05) is 0 Å². The number of halogens is 3. The monoisotopic (exact) mass is 456 g/mol. The molecular formula is C18H27F3N2O6S. The molecule has 30 heavy (non-hydrogen) atoms. The van der Waals surface area contributed by atoms with Gasteiger partial charge in [-0.05, 0) is 38.4 Å². The second-order valence-electron chi connectivity index (χ2n) is 7.42. The van der Waals surface area contributed by atoms with Crippen molar-refractivity contribution in [3.05, 3.63) is 24.2 Å². The van der Waals surface area contributed by atoms with Gasteiger partial charge < -0.3 is 14.3 Å². The van der Waals surface area contributed by atoms with Crippen LogP contribution in [0.1, 0.15) is 19.1 Å². The third-order valence-corrected chi connectivity index (χ3v) is 7.12. The number of piperidine rings is 1. The molecule has 2 aliphatic heterocycles. The number of rotatable bonds is 6. The van der Waals surface area contributed by atoms with Gasteiger partial charge in [0, 0.05) is 25.6 Å². The van der Waals surface area contributed by atoms with Crippen molar-refractivity contribution in [3.8, 4) is 0 Å². The molecule has 0 unspecified atom stereocenters. The van der Waals surface area contributed by atoms with Crippen LogP contribution >= 0.6 is 0 Å². The lowest BCUT2D eigenvalue weighted by Gasteiger charge is -2.35. The normalized spacial score (nSPS) is 24.9. The molecule has 3 atom stereocenters. The zero-order chi connectivity index (χ0) is 22.5. The van der Waals surface area contributed by atoms with E-state index in [1.165, 1.54) is 0 Å². The van der Waals surface area contributed by atoms with Crippen molar-refractivity contribution in [2.24, 2.45) is 11.8 Å². The molecule has 0 bridgehead atoms. The van der Waals surface area contributed by atoms with E-state index in [1.54, 1.807) is 17.5 Å². The van der Waals surface area contributed by atoms with E-state index >= 15 is 0 Å². The summed E-state index contributed by atoms with van der Waals surface area (Å²) in [5, 5.41) is 7.12. The number of hydrogen-bond donors (Lipinski definition) is 1. The van der Waals surface area contributed by atoms with Gasteiger partial charge in [0.2, 0.25) is 10.0 Å². The van der Waals surface area contributed by atoms with Crippen LogP contribution < -0.4 is 0 Å². The van der Waals surface area contributed by atoms with E-state index in [2.05, 4.69) is 4.90 Å². The summed E-state index contributed by atoms with van der Waals surface area (Å²) in [6, 6.07) is 3.85. The molecule has 172 valence electrons. The van der Waals surface area contributed by atoms with Crippen LogP contribution in [0.3, 0.4) is 0 Å². The highest BCUT2D eigenvalue weighted by atomic mass is 32.2. The average Bonchev–Trinajstić information content (AvgIpc) is 3.31. The van der Waals surface area contributed by atoms with Gasteiger partial charge in [-0.3, -0.25) is 4.90 Å². The smallest absolute Gasteiger partial charge is 0.475 e. The Balaban J connectivity index is 0.000000396. The van der Waals surface area contributed by atoms with E-state index in [0.29, 0.717) is 24.9 Å². The first kappa shape index (κ1) is 24.6. The van der Waals surface area contributed by atoms with Crippen molar-refractivity contribution in [1.29, 1.82) is 0 Å². The maximum absolute atomic E-state index is 12.1. The quantitative estimate of drug-likeness (QED) is 0.699. The topological polar surface area (TPSA) is 100 Å². The predicted octanol–water partition coefficient (Wildman–Crippen LogP) is 2.03. The lowest BCUT2D eigenvalue weighted by Crippen LogP contribution is -2.47. The predicted molar refractivity (Wildman–Crippen MR) is 101 cm³/mol. The number of carboxylic acid groups (broad SMARTS) is 1. The third-order valence-electron chi connectivity index (χ3n) is 5.27. The zero-order valence-corrected chi connectivity index (χ0v) is 17.7. The molecule has 0 spiro atoms. The first-order chi connectivity index (χ1) is 13.9.